The number of H-pyrrole nitrogens is 2. The van der Waals surface area contributed by atoms with E-state index in [0.717, 1.165) is 72.2 Å². The highest BCUT2D eigenvalue weighted by atomic mass is 32.1. The highest BCUT2D eigenvalue weighted by molar-refractivity contribution is 7.12. The van der Waals surface area contributed by atoms with Gasteiger partial charge in [-0.25, -0.2) is 23.5 Å². The first-order valence-corrected chi connectivity index (χ1v) is 24.2. The molecule has 0 bridgehead atoms. The van der Waals surface area contributed by atoms with Crippen LogP contribution in [0.5, 0.6) is 5.75 Å². The molecule has 67 heavy (non-hydrogen) atoms. The highest BCUT2D eigenvalue weighted by Crippen LogP contribution is 2.50. The van der Waals surface area contributed by atoms with Crippen LogP contribution in [0.15, 0.2) is 60.9 Å². The van der Waals surface area contributed by atoms with Crippen molar-refractivity contribution in [2.45, 2.75) is 109 Å². The number of hydrogen-bond acceptors (Lipinski definition) is 9. The minimum absolute atomic E-state index is 0.00660. The molecule has 7 heterocycles. The second-order valence-corrected chi connectivity index (χ2v) is 20.0. The third kappa shape index (κ3) is 8.95. The number of aromatic amines is 2. The van der Waals surface area contributed by atoms with Crippen LogP contribution in [0.25, 0.3) is 44.7 Å². The number of halogens is 2. The Hall–Kier alpha value is -6.07. The Balaban J connectivity index is 0.948. The number of nitrogens with zero attached hydrogens (tertiary/aromatic N) is 5. The number of ether oxygens (including phenoxy) is 3. The topological polar surface area (TPSA) is 160 Å². The summed E-state index contributed by atoms with van der Waals surface area (Å²) in [5.41, 5.74) is 2.59. The Kier molecular flexibility index (Phi) is 12.2. The van der Waals surface area contributed by atoms with E-state index in [2.05, 4.69) is 53.8 Å². The predicted octanol–water partition coefficient (Wildman–Crippen LogP) is 9.80. The van der Waals surface area contributed by atoms with Gasteiger partial charge in [-0.05, 0) is 113 Å². The lowest BCUT2D eigenvalue weighted by atomic mass is 9.96. The number of hydrogen-bond donors (Lipinski definition) is 3. The summed E-state index contributed by atoms with van der Waals surface area (Å²) in [5, 5.41) is 3.25. The standard InChI is InChI=1S/C50H56F2N8O6S/c1-5-16-58(47(62)45(50(2,3)52)57-49(63)64-4)27-42-53-25-35(55-42)31-22-33(51)44-38-23-32-21-30(10-11-36(32)60(38)48(66-39(44)24-31)41-13-12-40(67-41)29-8-9-29)34-26-54-46(56-34)37-7-6-17-59(37)43(61)20-28-14-18-65-19-15-28/h10-13,21-26,28-29,37,45,48H,5-9,14-20,27H2,1-4H3,(H,53,55)(H,54,56)(H,57,63). The minimum Gasteiger partial charge on any atom is -0.464 e. The van der Waals surface area contributed by atoms with Gasteiger partial charge in [0.2, 0.25) is 18.0 Å². The Labute approximate surface area is 391 Å². The maximum atomic E-state index is 16.8. The number of fused-ring (bicyclic) bond motifs is 5. The maximum Gasteiger partial charge on any atom is 0.407 e. The molecule has 4 aromatic heterocycles. The van der Waals surface area contributed by atoms with E-state index in [-0.39, 0.29) is 25.0 Å². The number of alkyl halides is 1. The Morgan fingerprint density at radius 2 is 1.76 bits per heavy atom. The first kappa shape index (κ1) is 44.7. The fourth-order valence-electron chi connectivity index (χ4n) is 9.88. The number of nitrogens with one attached hydrogen (secondary N) is 3. The molecule has 3 amide bonds. The number of thiophene rings is 1. The molecule has 3 atom stereocenters. The van der Waals surface area contributed by atoms with E-state index in [0.29, 0.717) is 72.0 Å². The largest absolute Gasteiger partial charge is 0.464 e. The van der Waals surface area contributed by atoms with Gasteiger partial charge < -0.3 is 39.3 Å². The van der Waals surface area contributed by atoms with Crippen LogP contribution in [0.1, 0.15) is 112 Å². The zero-order valence-electron chi connectivity index (χ0n) is 38.2. The van der Waals surface area contributed by atoms with Crippen molar-refractivity contribution in [1.82, 2.24) is 39.6 Å². The predicted molar refractivity (Wildman–Crippen MR) is 250 cm³/mol. The van der Waals surface area contributed by atoms with Crippen LogP contribution in [0.3, 0.4) is 0 Å². The lowest BCUT2D eigenvalue weighted by Crippen LogP contribution is -2.57. The van der Waals surface area contributed by atoms with Gasteiger partial charge in [0.05, 0.1) is 65.1 Å². The lowest BCUT2D eigenvalue weighted by Gasteiger charge is -2.31. The summed E-state index contributed by atoms with van der Waals surface area (Å²) in [5.74, 6) is 1.55. The number of alkyl carbamates (subject to hydrolysis) is 1. The molecule has 3 fully saturated rings. The van der Waals surface area contributed by atoms with Crippen molar-refractivity contribution in [2.75, 3.05) is 33.4 Å². The van der Waals surface area contributed by atoms with E-state index in [1.54, 1.807) is 17.5 Å². The van der Waals surface area contributed by atoms with E-state index in [1.807, 2.05) is 36.2 Å². The Morgan fingerprint density at radius 3 is 2.52 bits per heavy atom. The molecule has 14 nitrogen and oxygen atoms in total. The van der Waals surface area contributed by atoms with Gasteiger partial charge in [0, 0.05) is 54.1 Å². The van der Waals surface area contributed by atoms with Gasteiger partial charge >= 0.3 is 6.09 Å². The SMILES string of the molecule is CCCN(Cc1ncc(-c2cc(F)c3c(c2)OC(c2ccc(C4CC4)s2)n2c-3cc3cc(-c4cnc(C5CCCN5C(=O)CC5CCOCC5)[nH]4)ccc32)[nH]1)C(=O)C(NC(=O)OC)C(C)(C)F. The Morgan fingerprint density at radius 1 is 0.985 bits per heavy atom. The van der Waals surface area contributed by atoms with Gasteiger partial charge in [0.25, 0.3) is 0 Å². The number of amides is 3. The number of benzene rings is 2. The number of methoxy groups -OCH3 is 1. The van der Waals surface area contributed by atoms with Crippen LogP contribution in [-0.4, -0.2) is 97.3 Å². The molecule has 1 aliphatic carbocycles. The van der Waals surface area contributed by atoms with Crippen LogP contribution in [-0.2, 0) is 25.6 Å². The lowest BCUT2D eigenvalue weighted by molar-refractivity contribution is -0.137. The summed E-state index contributed by atoms with van der Waals surface area (Å²) in [7, 11) is 1.15. The van der Waals surface area contributed by atoms with Crippen LogP contribution >= 0.6 is 11.3 Å². The average molecular weight is 935 g/mol. The average Bonchev–Trinajstić information content (AvgIpc) is 3.90. The fourth-order valence-corrected chi connectivity index (χ4v) is 11.1. The molecule has 10 rings (SSSR count). The summed E-state index contributed by atoms with van der Waals surface area (Å²) < 4.78 is 51.3. The van der Waals surface area contributed by atoms with Gasteiger partial charge in [-0.3, -0.25) is 14.2 Å². The van der Waals surface area contributed by atoms with Gasteiger partial charge in [0.1, 0.15) is 34.9 Å². The first-order valence-electron chi connectivity index (χ1n) is 23.4. The molecule has 6 aromatic rings. The van der Waals surface area contributed by atoms with Crippen LogP contribution < -0.4 is 10.1 Å². The molecule has 3 aliphatic heterocycles. The molecule has 0 spiro atoms. The number of carbonyl (C=O) groups excluding carboxylic acids is 3. The number of likely N-dealkylation sites (tertiary alicyclic amines) is 1. The van der Waals surface area contributed by atoms with E-state index in [1.165, 1.54) is 42.5 Å². The molecule has 2 saturated heterocycles. The molecule has 4 aliphatic rings. The normalized spacial score (nSPS) is 18.9. The van der Waals surface area contributed by atoms with Crippen molar-refractivity contribution in [3.05, 3.63) is 88.1 Å². The van der Waals surface area contributed by atoms with E-state index in [9.17, 15) is 14.4 Å². The third-order valence-corrected chi connectivity index (χ3v) is 14.8. The fraction of sp³-hybridized carbons (Fsp3) is 0.460. The molecular weight excluding hydrogens is 879 g/mol. The number of carbonyl (C=O) groups is 3. The van der Waals surface area contributed by atoms with Crippen LogP contribution in [0, 0.1) is 11.7 Å². The molecule has 17 heteroatoms. The Bertz CT molecular complexity index is 2820. The second-order valence-electron chi connectivity index (χ2n) is 18.8. The van der Waals surface area contributed by atoms with Crippen LogP contribution in [0.4, 0.5) is 13.6 Å². The van der Waals surface area contributed by atoms with Crippen molar-refractivity contribution in [3.63, 3.8) is 0 Å². The zero-order chi connectivity index (χ0) is 46.6. The second kappa shape index (κ2) is 18.2. The van der Waals surface area contributed by atoms with Gasteiger partial charge in [-0.2, -0.15) is 0 Å². The molecule has 3 unspecified atom stereocenters. The van der Waals surface area contributed by atoms with E-state index < -0.39 is 35.8 Å². The van der Waals surface area contributed by atoms with Gasteiger partial charge in [-0.1, -0.05) is 13.0 Å². The number of aromatic nitrogens is 5. The van der Waals surface area contributed by atoms with Crippen molar-refractivity contribution >= 4 is 40.1 Å². The van der Waals surface area contributed by atoms with E-state index in [4.69, 9.17) is 14.5 Å². The summed E-state index contributed by atoms with van der Waals surface area (Å²) in [4.78, 5) is 61.1. The molecule has 2 aromatic carbocycles. The van der Waals surface area contributed by atoms with Crippen LogP contribution in [0.2, 0.25) is 0 Å². The molecule has 352 valence electrons. The minimum atomic E-state index is -2.09. The van der Waals surface area contributed by atoms with E-state index >= 15 is 8.78 Å². The maximum absolute atomic E-state index is 16.8. The summed E-state index contributed by atoms with van der Waals surface area (Å²) in [6.45, 7) is 6.76. The van der Waals surface area contributed by atoms with Gasteiger partial charge in [-0.15, -0.1) is 11.3 Å². The van der Waals surface area contributed by atoms with Crippen molar-refractivity contribution in [2.24, 2.45) is 5.92 Å². The molecule has 0 radical (unpaired) electrons. The van der Waals surface area contributed by atoms with Crippen molar-refractivity contribution < 1.29 is 37.4 Å². The molecule has 1 saturated carbocycles. The monoisotopic (exact) mass is 934 g/mol. The first-order chi connectivity index (χ1) is 32.4. The summed E-state index contributed by atoms with van der Waals surface area (Å²) >= 11 is 1.73. The summed E-state index contributed by atoms with van der Waals surface area (Å²) in [6, 6.07) is 14.2. The van der Waals surface area contributed by atoms with Gasteiger partial charge in [0.15, 0.2) is 0 Å². The molecule has 3 N–H and O–H groups in total. The highest BCUT2D eigenvalue weighted by Gasteiger charge is 2.40. The third-order valence-electron chi connectivity index (χ3n) is 13.6. The zero-order valence-corrected chi connectivity index (χ0v) is 39.0. The smallest absolute Gasteiger partial charge is 0.407 e. The van der Waals surface area contributed by atoms with Crippen molar-refractivity contribution in [1.29, 1.82) is 0 Å². The number of imidazole rings is 2. The molecular formula is C50H56F2N8O6S. The number of rotatable bonds is 14. The summed E-state index contributed by atoms with van der Waals surface area (Å²) in [6.07, 6.45) is 9.00. The quantitative estimate of drug-likeness (QED) is 0.0974. The van der Waals surface area contributed by atoms with Crippen molar-refractivity contribution in [3.8, 4) is 39.5 Å².